The molecule has 3 aromatic rings. The molecule has 6 nitrogen and oxygen atoms in total. The van der Waals surface area contributed by atoms with Gasteiger partial charge < -0.3 is 19.6 Å². The molecule has 9 heteroatoms. The number of benzene rings is 1. The third kappa shape index (κ3) is 4.46. The summed E-state index contributed by atoms with van der Waals surface area (Å²) < 4.78 is 28.7. The van der Waals surface area contributed by atoms with E-state index in [0.29, 0.717) is 35.8 Å². The van der Waals surface area contributed by atoms with E-state index in [2.05, 4.69) is 24.1 Å². The highest BCUT2D eigenvalue weighted by atomic mass is 28.4. The van der Waals surface area contributed by atoms with Crippen molar-refractivity contribution in [2.24, 2.45) is 7.05 Å². The van der Waals surface area contributed by atoms with E-state index in [1.807, 2.05) is 35.7 Å². The van der Waals surface area contributed by atoms with E-state index in [0.717, 1.165) is 42.5 Å². The summed E-state index contributed by atoms with van der Waals surface area (Å²) in [7, 11) is -0.381. The van der Waals surface area contributed by atoms with Crippen LogP contribution in [0, 0.1) is 11.6 Å². The van der Waals surface area contributed by atoms with Crippen molar-refractivity contribution in [2.45, 2.75) is 51.2 Å². The first-order valence-electron chi connectivity index (χ1n) is 11.6. The molecule has 1 aromatic carbocycles. The highest BCUT2D eigenvalue weighted by Gasteiger charge is 2.38. The number of carbonyl (C=O) groups excluding carboxylic acids is 1. The summed E-state index contributed by atoms with van der Waals surface area (Å²) in [4.78, 5) is 30.5. The number of halogens is 2. The lowest BCUT2D eigenvalue weighted by Gasteiger charge is -2.36. The number of anilines is 2. The van der Waals surface area contributed by atoms with Gasteiger partial charge in [-0.15, -0.1) is 0 Å². The van der Waals surface area contributed by atoms with Gasteiger partial charge in [-0.2, -0.15) is 0 Å². The van der Waals surface area contributed by atoms with Crippen LogP contribution in [-0.4, -0.2) is 46.6 Å². The minimum absolute atomic E-state index is 0.00766. The largest absolute Gasteiger partial charge is 0.432 e. The molecule has 4 rings (SSSR count). The molecule has 34 heavy (non-hydrogen) atoms. The Morgan fingerprint density at radius 1 is 1.18 bits per heavy atom. The maximum atomic E-state index is 13.6. The number of hydrogen-bond acceptors (Lipinski definition) is 4. The fourth-order valence-corrected chi connectivity index (χ4v) is 5.19. The summed E-state index contributed by atoms with van der Waals surface area (Å²) in [5.41, 5.74) is 2.70. The molecule has 3 heterocycles. The van der Waals surface area contributed by atoms with Crippen molar-refractivity contribution >= 4 is 36.8 Å². The van der Waals surface area contributed by atoms with Crippen molar-refractivity contribution in [1.29, 1.82) is 0 Å². The number of fused-ring (bicyclic) bond motifs is 3. The molecule has 0 bridgehead atoms. The predicted octanol–water partition coefficient (Wildman–Crippen LogP) is 5.35. The van der Waals surface area contributed by atoms with Gasteiger partial charge in [-0.3, -0.25) is 4.79 Å². The van der Waals surface area contributed by atoms with Crippen molar-refractivity contribution in [2.75, 3.05) is 18.4 Å². The van der Waals surface area contributed by atoms with Crippen LogP contribution in [0.15, 0.2) is 30.3 Å². The Bertz CT molecular complexity index is 1250. The van der Waals surface area contributed by atoms with E-state index in [9.17, 15) is 18.4 Å². The molecule has 0 spiro atoms. The smallest absolute Gasteiger partial charge is 0.256 e. The van der Waals surface area contributed by atoms with E-state index in [4.69, 9.17) is 0 Å². The number of nitrogens with zero attached hydrogens (tertiary/aromatic N) is 3. The Balaban J connectivity index is 1.54. The van der Waals surface area contributed by atoms with Crippen LogP contribution in [-0.2, 0) is 13.5 Å². The standard InChI is InChI=1S/C25H32F2N4O2Si/c1-25(2,34(4,5)33)12-6-13-31-14-11-20-22(24(31)32)17-8-10-21(29-23(17)30(20)3)28-16-7-9-18(26)19(27)15-16/h7-10,15,33H,6,11-14H2,1-5H3,(H,28,29). The van der Waals surface area contributed by atoms with Gasteiger partial charge in [0.15, 0.2) is 20.0 Å². The molecule has 182 valence electrons. The first-order valence-corrected chi connectivity index (χ1v) is 14.6. The first-order chi connectivity index (χ1) is 15.9. The zero-order valence-corrected chi connectivity index (χ0v) is 21.4. The van der Waals surface area contributed by atoms with E-state index < -0.39 is 20.0 Å². The summed E-state index contributed by atoms with van der Waals surface area (Å²) in [6.45, 7) is 9.45. The molecule has 0 unspecified atom stereocenters. The number of hydrogen-bond donors (Lipinski definition) is 2. The van der Waals surface area contributed by atoms with Crippen LogP contribution in [0.4, 0.5) is 20.3 Å². The maximum Gasteiger partial charge on any atom is 0.256 e. The molecule has 0 saturated heterocycles. The minimum Gasteiger partial charge on any atom is -0.432 e. The van der Waals surface area contributed by atoms with Crippen LogP contribution in [0.1, 0.15) is 42.7 Å². The van der Waals surface area contributed by atoms with Gasteiger partial charge in [0.05, 0.1) is 5.56 Å². The number of carbonyl (C=O) groups is 1. The quantitative estimate of drug-likeness (QED) is 0.442. The molecule has 0 aliphatic carbocycles. The lowest BCUT2D eigenvalue weighted by molar-refractivity contribution is 0.0735. The normalized spacial score (nSPS) is 14.6. The molecule has 0 fully saturated rings. The highest BCUT2D eigenvalue weighted by molar-refractivity contribution is 6.72. The fourth-order valence-electron chi connectivity index (χ4n) is 4.40. The molecular weight excluding hydrogens is 454 g/mol. The molecule has 0 radical (unpaired) electrons. The second kappa shape index (κ2) is 8.78. The average molecular weight is 487 g/mol. The second-order valence-electron chi connectivity index (χ2n) is 10.3. The second-order valence-corrected chi connectivity index (χ2v) is 14.8. The lowest BCUT2D eigenvalue weighted by atomic mass is 10.0. The van der Waals surface area contributed by atoms with E-state index in [1.165, 1.54) is 6.07 Å². The van der Waals surface area contributed by atoms with Gasteiger partial charge in [0.25, 0.3) is 5.91 Å². The topological polar surface area (TPSA) is 70.4 Å². The van der Waals surface area contributed by atoms with Gasteiger partial charge in [-0.25, -0.2) is 13.8 Å². The molecule has 2 aromatic heterocycles. The molecule has 1 aliphatic rings. The number of aryl methyl sites for hydroxylation is 1. The lowest BCUT2D eigenvalue weighted by Crippen LogP contribution is -2.41. The Morgan fingerprint density at radius 3 is 2.59 bits per heavy atom. The number of aromatic nitrogens is 2. The molecule has 0 saturated carbocycles. The maximum absolute atomic E-state index is 13.6. The zero-order valence-electron chi connectivity index (χ0n) is 20.4. The van der Waals surface area contributed by atoms with Crippen molar-refractivity contribution in [3.63, 3.8) is 0 Å². The van der Waals surface area contributed by atoms with Crippen LogP contribution in [0.2, 0.25) is 18.1 Å². The minimum atomic E-state index is -2.28. The summed E-state index contributed by atoms with van der Waals surface area (Å²) in [6, 6.07) is 7.19. The summed E-state index contributed by atoms with van der Waals surface area (Å²) >= 11 is 0. The Hall–Kier alpha value is -2.78. The van der Waals surface area contributed by atoms with Crippen LogP contribution in [0.3, 0.4) is 0 Å². The van der Waals surface area contributed by atoms with Crippen molar-refractivity contribution < 1.29 is 18.4 Å². The Kier molecular flexibility index (Phi) is 6.28. The van der Waals surface area contributed by atoms with Crippen LogP contribution < -0.4 is 5.32 Å². The number of nitrogens with one attached hydrogen (secondary N) is 1. The van der Waals surface area contributed by atoms with Crippen molar-refractivity contribution in [1.82, 2.24) is 14.5 Å². The van der Waals surface area contributed by atoms with Gasteiger partial charge in [-0.1, -0.05) is 13.8 Å². The van der Waals surface area contributed by atoms with Crippen molar-refractivity contribution in [3.05, 3.63) is 53.2 Å². The number of amides is 1. The van der Waals surface area contributed by atoms with E-state index in [1.54, 1.807) is 6.07 Å². The zero-order chi connectivity index (χ0) is 24.8. The van der Waals surface area contributed by atoms with Crippen LogP contribution in [0.25, 0.3) is 11.0 Å². The summed E-state index contributed by atoms with van der Waals surface area (Å²) in [5.74, 6) is -1.34. The van der Waals surface area contributed by atoms with Gasteiger partial charge in [0, 0.05) is 49.4 Å². The summed E-state index contributed by atoms with van der Waals surface area (Å²) in [6.07, 6.45) is 2.45. The molecule has 0 atom stereocenters. The predicted molar refractivity (Wildman–Crippen MR) is 133 cm³/mol. The molecule has 1 amide bonds. The van der Waals surface area contributed by atoms with Crippen LogP contribution >= 0.6 is 0 Å². The number of pyridine rings is 1. The van der Waals surface area contributed by atoms with Crippen molar-refractivity contribution in [3.8, 4) is 0 Å². The summed E-state index contributed by atoms with van der Waals surface area (Å²) in [5, 5.41) is 3.67. The SMILES string of the molecule is Cn1c2c(c3ccc(Nc4ccc(F)c(F)c4)nc31)C(=O)N(CCCC(C)(C)[Si](C)(C)O)CC2. The van der Waals surface area contributed by atoms with Gasteiger partial charge >= 0.3 is 0 Å². The van der Waals surface area contributed by atoms with Crippen LogP contribution in [0.5, 0.6) is 0 Å². The third-order valence-corrected chi connectivity index (χ3v) is 10.9. The van der Waals surface area contributed by atoms with Gasteiger partial charge in [0.2, 0.25) is 0 Å². The van der Waals surface area contributed by atoms with E-state index >= 15 is 0 Å². The molecule has 2 N–H and O–H groups in total. The highest BCUT2D eigenvalue weighted by Crippen LogP contribution is 2.40. The van der Waals surface area contributed by atoms with E-state index in [-0.39, 0.29) is 10.9 Å². The first kappa shape index (κ1) is 24.3. The van der Waals surface area contributed by atoms with Gasteiger partial charge in [0.1, 0.15) is 11.5 Å². The molecule has 1 aliphatic heterocycles. The fraction of sp³-hybridized carbons (Fsp3) is 0.440. The Labute approximate surface area is 199 Å². The number of rotatable bonds is 7. The third-order valence-electron chi connectivity index (χ3n) is 7.35. The Morgan fingerprint density at radius 2 is 1.91 bits per heavy atom. The molecular formula is C25H32F2N4O2Si. The average Bonchev–Trinajstić information content (AvgIpc) is 3.04. The monoisotopic (exact) mass is 486 g/mol. The van der Waals surface area contributed by atoms with Gasteiger partial charge in [-0.05, 0) is 55.2 Å².